The molecular formula is C11H19N3OS. The van der Waals surface area contributed by atoms with Gasteiger partial charge in [0, 0.05) is 44.4 Å². The van der Waals surface area contributed by atoms with Crippen LogP contribution in [0.15, 0.2) is 6.20 Å². The van der Waals surface area contributed by atoms with Crippen molar-refractivity contribution in [1.82, 2.24) is 10.3 Å². The summed E-state index contributed by atoms with van der Waals surface area (Å²) in [5.41, 5.74) is 0. The van der Waals surface area contributed by atoms with Crippen LogP contribution in [-0.2, 0) is 11.3 Å². The number of hydrogen-bond acceptors (Lipinski definition) is 5. The minimum Gasteiger partial charge on any atom is -0.383 e. The second kappa shape index (κ2) is 6.18. The number of ether oxygens (including phenoxy) is 1. The van der Waals surface area contributed by atoms with Crippen LogP contribution >= 0.6 is 11.3 Å². The van der Waals surface area contributed by atoms with E-state index in [4.69, 9.17) is 4.74 Å². The Hall–Kier alpha value is -0.650. The molecule has 0 unspecified atom stereocenters. The number of aromatic nitrogens is 1. The first kappa shape index (κ1) is 11.8. The highest BCUT2D eigenvalue weighted by molar-refractivity contribution is 7.15. The molecule has 1 aromatic rings. The van der Waals surface area contributed by atoms with Crippen LogP contribution < -0.4 is 10.2 Å². The predicted molar refractivity (Wildman–Crippen MR) is 67.1 cm³/mol. The Balaban J connectivity index is 1.77. The maximum Gasteiger partial charge on any atom is 0.185 e. The second-order valence-corrected chi connectivity index (χ2v) is 5.07. The molecular weight excluding hydrogens is 222 g/mol. The van der Waals surface area contributed by atoms with Crippen LogP contribution in [-0.4, -0.2) is 38.3 Å². The molecule has 0 spiro atoms. The Labute approximate surface area is 101 Å². The lowest BCUT2D eigenvalue weighted by atomic mass is 10.4. The number of rotatable bonds is 6. The summed E-state index contributed by atoms with van der Waals surface area (Å²) in [5, 5.41) is 4.51. The molecule has 1 fully saturated rings. The molecule has 1 aliphatic rings. The summed E-state index contributed by atoms with van der Waals surface area (Å²) in [4.78, 5) is 8.15. The SMILES string of the molecule is COCCNCc1cnc(N2CCCC2)s1. The maximum atomic E-state index is 4.98. The number of nitrogens with one attached hydrogen (secondary N) is 1. The Kier molecular flexibility index (Phi) is 4.56. The van der Waals surface area contributed by atoms with Crippen molar-refractivity contribution < 1.29 is 4.74 Å². The van der Waals surface area contributed by atoms with E-state index < -0.39 is 0 Å². The first-order chi connectivity index (χ1) is 7.90. The Morgan fingerprint density at radius 2 is 2.31 bits per heavy atom. The standard InChI is InChI=1S/C11H19N3OS/c1-15-7-4-12-8-10-9-13-11(16-10)14-5-2-3-6-14/h9,12H,2-8H2,1H3. The summed E-state index contributed by atoms with van der Waals surface area (Å²) in [6, 6.07) is 0. The monoisotopic (exact) mass is 241 g/mol. The van der Waals surface area contributed by atoms with Crippen molar-refractivity contribution in [3.8, 4) is 0 Å². The van der Waals surface area contributed by atoms with Gasteiger partial charge in [-0.15, -0.1) is 11.3 Å². The molecule has 0 bridgehead atoms. The molecule has 0 saturated carbocycles. The minimum absolute atomic E-state index is 0.762. The van der Waals surface area contributed by atoms with Crippen LogP contribution in [0.4, 0.5) is 5.13 Å². The van der Waals surface area contributed by atoms with E-state index in [-0.39, 0.29) is 0 Å². The number of nitrogens with zero attached hydrogens (tertiary/aromatic N) is 2. The molecule has 1 aliphatic heterocycles. The molecule has 0 atom stereocenters. The Morgan fingerprint density at radius 1 is 1.50 bits per heavy atom. The fourth-order valence-electron chi connectivity index (χ4n) is 1.82. The average molecular weight is 241 g/mol. The lowest BCUT2D eigenvalue weighted by Gasteiger charge is -2.12. The highest BCUT2D eigenvalue weighted by Crippen LogP contribution is 2.25. The van der Waals surface area contributed by atoms with Crippen molar-refractivity contribution in [1.29, 1.82) is 0 Å². The Bertz CT molecular complexity index is 310. The van der Waals surface area contributed by atoms with Crippen molar-refractivity contribution in [2.24, 2.45) is 0 Å². The van der Waals surface area contributed by atoms with Crippen LogP contribution in [0.2, 0.25) is 0 Å². The molecule has 16 heavy (non-hydrogen) atoms. The van der Waals surface area contributed by atoms with E-state index in [0.29, 0.717) is 0 Å². The second-order valence-electron chi connectivity index (χ2n) is 3.97. The van der Waals surface area contributed by atoms with Gasteiger partial charge >= 0.3 is 0 Å². The molecule has 0 aromatic carbocycles. The highest BCUT2D eigenvalue weighted by Gasteiger charge is 2.15. The summed E-state index contributed by atoms with van der Waals surface area (Å²) in [5.74, 6) is 0. The average Bonchev–Trinajstić information content (AvgIpc) is 2.94. The highest BCUT2D eigenvalue weighted by atomic mass is 32.1. The summed E-state index contributed by atoms with van der Waals surface area (Å²) in [6.07, 6.45) is 4.60. The molecule has 2 rings (SSSR count). The third-order valence-electron chi connectivity index (χ3n) is 2.70. The molecule has 1 saturated heterocycles. The van der Waals surface area contributed by atoms with E-state index in [2.05, 4.69) is 15.2 Å². The van der Waals surface area contributed by atoms with Crippen molar-refractivity contribution in [3.63, 3.8) is 0 Å². The molecule has 2 heterocycles. The van der Waals surface area contributed by atoms with Crippen molar-refractivity contribution in [2.75, 3.05) is 38.3 Å². The summed E-state index contributed by atoms with van der Waals surface area (Å²) >= 11 is 1.80. The van der Waals surface area contributed by atoms with Crippen LogP contribution in [0.3, 0.4) is 0 Å². The van der Waals surface area contributed by atoms with Gasteiger partial charge in [0.05, 0.1) is 6.61 Å². The number of methoxy groups -OCH3 is 1. The van der Waals surface area contributed by atoms with Gasteiger partial charge in [-0.1, -0.05) is 0 Å². The first-order valence-electron chi connectivity index (χ1n) is 5.79. The largest absolute Gasteiger partial charge is 0.383 e. The smallest absolute Gasteiger partial charge is 0.185 e. The van der Waals surface area contributed by atoms with E-state index >= 15 is 0 Å². The molecule has 5 heteroatoms. The van der Waals surface area contributed by atoms with Crippen LogP contribution in [0.25, 0.3) is 0 Å². The molecule has 0 aliphatic carbocycles. The summed E-state index contributed by atoms with van der Waals surface area (Å²) in [7, 11) is 1.72. The van der Waals surface area contributed by atoms with E-state index in [1.54, 1.807) is 18.4 Å². The van der Waals surface area contributed by atoms with Gasteiger partial charge in [0.15, 0.2) is 5.13 Å². The topological polar surface area (TPSA) is 37.4 Å². The molecule has 4 nitrogen and oxygen atoms in total. The van der Waals surface area contributed by atoms with Crippen LogP contribution in [0.1, 0.15) is 17.7 Å². The maximum absolute atomic E-state index is 4.98. The molecule has 1 aromatic heterocycles. The van der Waals surface area contributed by atoms with Gasteiger partial charge in [-0.3, -0.25) is 0 Å². The number of anilines is 1. The van der Waals surface area contributed by atoms with Gasteiger partial charge in [0.1, 0.15) is 0 Å². The van der Waals surface area contributed by atoms with E-state index in [1.165, 1.54) is 35.9 Å². The minimum atomic E-state index is 0.762. The van der Waals surface area contributed by atoms with Gasteiger partial charge in [0.25, 0.3) is 0 Å². The molecule has 90 valence electrons. The quantitative estimate of drug-likeness (QED) is 0.766. The fourth-order valence-corrected chi connectivity index (χ4v) is 2.75. The normalized spacial score (nSPS) is 15.9. The molecule has 0 radical (unpaired) electrons. The predicted octanol–water partition coefficient (Wildman–Crippen LogP) is 1.48. The third-order valence-corrected chi connectivity index (χ3v) is 3.76. The van der Waals surface area contributed by atoms with Gasteiger partial charge < -0.3 is 15.0 Å². The van der Waals surface area contributed by atoms with Crippen molar-refractivity contribution in [3.05, 3.63) is 11.1 Å². The van der Waals surface area contributed by atoms with Gasteiger partial charge in [-0.25, -0.2) is 4.98 Å². The summed E-state index contributed by atoms with van der Waals surface area (Å²) in [6.45, 7) is 4.90. The summed E-state index contributed by atoms with van der Waals surface area (Å²) < 4.78 is 4.98. The van der Waals surface area contributed by atoms with Gasteiger partial charge in [-0.05, 0) is 12.8 Å². The zero-order chi connectivity index (χ0) is 11.2. The first-order valence-corrected chi connectivity index (χ1v) is 6.61. The van der Waals surface area contributed by atoms with E-state index in [0.717, 1.165) is 19.7 Å². The van der Waals surface area contributed by atoms with Crippen LogP contribution in [0.5, 0.6) is 0 Å². The molecule has 1 N–H and O–H groups in total. The van der Waals surface area contributed by atoms with Gasteiger partial charge in [0.2, 0.25) is 0 Å². The van der Waals surface area contributed by atoms with E-state index in [1.807, 2.05) is 6.20 Å². The lowest BCUT2D eigenvalue weighted by Crippen LogP contribution is -2.18. The fraction of sp³-hybridized carbons (Fsp3) is 0.727. The van der Waals surface area contributed by atoms with Crippen LogP contribution in [0, 0.1) is 0 Å². The third kappa shape index (κ3) is 3.17. The van der Waals surface area contributed by atoms with Gasteiger partial charge in [-0.2, -0.15) is 0 Å². The lowest BCUT2D eigenvalue weighted by molar-refractivity contribution is 0.199. The Morgan fingerprint density at radius 3 is 3.06 bits per heavy atom. The zero-order valence-corrected chi connectivity index (χ0v) is 10.6. The number of thiazole rings is 1. The number of hydrogen-bond donors (Lipinski definition) is 1. The van der Waals surface area contributed by atoms with Crippen molar-refractivity contribution >= 4 is 16.5 Å². The molecule has 0 amide bonds. The zero-order valence-electron chi connectivity index (χ0n) is 9.74. The van der Waals surface area contributed by atoms with Crippen molar-refractivity contribution in [2.45, 2.75) is 19.4 Å². The van der Waals surface area contributed by atoms with E-state index in [9.17, 15) is 0 Å².